The van der Waals surface area contributed by atoms with Crippen molar-refractivity contribution < 1.29 is 25.2 Å². The van der Waals surface area contributed by atoms with E-state index >= 15 is 0 Å². The molecule has 6 heteroatoms. The molecule has 1 unspecified atom stereocenters. The summed E-state index contributed by atoms with van der Waals surface area (Å²) < 4.78 is 0. The topological polar surface area (TPSA) is 110 Å². The molecule has 122 valence electrons. The molecule has 0 bridgehead atoms. The first-order valence-electron chi connectivity index (χ1n) is 7.21. The first-order chi connectivity index (χ1) is 11.0. The van der Waals surface area contributed by atoms with E-state index in [-0.39, 0.29) is 42.6 Å². The van der Waals surface area contributed by atoms with Gasteiger partial charge >= 0.3 is 0 Å². The molecule has 0 spiro atoms. The molecule has 5 N–H and O–H groups in total. The Kier molecular flexibility index (Phi) is 5.43. The summed E-state index contributed by atoms with van der Waals surface area (Å²) in [7, 11) is 0. The Labute approximate surface area is 133 Å². The highest BCUT2D eigenvalue weighted by Gasteiger charge is 2.20. The van der Waals surface area contributed by atoms with Gasteiger partial charge in [0.25, 0.3) is 0 Å². The molecule has 1 atom stereocenters. The molecular formula is C17H19NO5. The van der Waals surface area contributed by atoms with Gasteiger partial charge in [-0.25, -0.2) is 0 Å². The van der Waals surface area contributed by atoms with Crippen LogP contribution >= 0.6 is 0 Å². The Morgan fingerprint density at radius 3 is 2.43 bits per heavy atom. The van der Waals surface area contributed by atoms with Gasteiger partial charge in [-0.2, -0.15) is 0 Å². The van der Waals surface area contributed by atoms with Gasteiger partial charge in [0.1, 0.15) is 17.2 Å². The Morgan fingerprint density at radius 2 is 1.78 bits per heavy atom. The van der Waals surface area contributed by atoms with Crippen molar-refractivity contribution in [3.8, 4) is 17.2 Å². The number of carbonyl (C=O) groups is 1. The lowest BCUT2D eigenvalue weighted by molar-refractivity contribution is -0.120. The van der Waals surface area contributed by atoms with Crippen molar-refractivity contribution in [1.82, 2.24) is 0 Å². The summed E-state index contributed by atoms with van der Waals surface area (Å²) in [6.07, 6.45) is 0.447. The predicted octanol–water partition coefficient (Wildman–Crippen LogP) is 1.98. The van der Waals surface area contributed by atoms with Gasteiger partial charge in [-0.3, -0.25) is 4.79 Å². The number of anilines is 1. The van der Waals surface area contributed by atoms with Crippen molar-refractivity contribution in [3.05, 3.63) is 48.0 Å². The van der Waals surface area contributed by atoms with Crippen LogP contribution in [0.4, 0.5) is 5.69 Å². The first kappa shape index (κ1) is 16.6. The van der Waals surface area contributed by atoms with E-state index in [0.717, 1.165) is 0 Å². The maximum absolute atomic E-state index is 12.4. The van der Waals surface area contributed by atoms with E-state index in [9.17, 15) is 20.1 Å². The van der Waals surface area contributed by atoms with E-state index in [4.69, 9.17) is 5.11 Å². The van der Waals surface area contributed by atoms with Gasteiger partial charge in [0.05, 0.1) is 0 Å². The van der Waals surface area contributed by atoms with Crippen molar-refractivity contribution in [2.45, 2.75) is 12.8 Å². The van der Waals surface area contributed by atoms with Gasteiger partial charge < -0.3 is 25.7 Å². The normalized spacial score (nSPS) is 11.9. The highest BCUT2D eigenvalue weighted by molar-refractivity contribution is 5.92. The van der Waals surface area contributed by atoms with Crippen LogP contribution in [0.1, 0.15) is 12.0 Å². The fraction of sp³-hybridized carbons (Fsp3) is 0.235. The maximum Gasteiger partial charge on any atom is 0.227 e. The first-order valence-corrected chi connectivity index (χ1v) is 7.21. The Morgan fingerprint density at radius 1 is 1.04 bits per heavy atom. The second-order valence-corrected chi connectivity index (χ2v) is 5.27. The third-order valence-corrected chi connectivity index (χ3v) is 3.50. The molecule has 2 rings (SSSR count). The van der Waals surface area contributed by atoms with Crippen LogP contribution < -0.4 is 5.32 Å². The summed E-state index contributed by atoms with van der Waals surface area (Å²) in [5, 5.41) is 40.4. The molecule has 0 aliphatic rings. The number of phenols is 3. The van der Waals surface area contributed by atoms with Gasteiger partial charge in [-0.15, -0.1) is 0 Å². The number of rotatable bonds is 6. The maximum atomic E-state index is 12.4. The summed E-state index contributed by atoms with van der Waals surface area (Å²) in [6, 6.07) is 10.3. The number of aromatic hydroxyl groups is 3. The zero-order valence-corrected chi connectivity index (χ0v) is 12.4. The molecule has 0 heterocycles. The molecular weight excluding hydrogens is 298 g/mol. The van der Waals surface area contributed by atoms with E-state index in [1.165, 1.54) is 30.3 Å². The Bertz CT molecular complexity index is 686. The van der Waals surface area contributed by atoms with Gasteiger partial charge in [-0.05, 0) is 36.6 Å². The number of hydrogen-bond donors (Lipinski definition) is 5. The number of carbonyl (C=O) groups excluding carboxylic acids is 1. The number of amides is 1. The minimum absolute atomic E-state index is 0.0395. The zero-order chi connectivity index (χ0) is 16.8. The Hall–Kier alpha value is -2.73. The predicted molar refractivity (Wildman–Crippen MR) is 85.4 cm³/mol. The Balaban J connectivity index is 2.12. The minimum atomic E-state index is -0.558. The van der Waals surface area contributed by atoms with E-state index in [0.29, 0.717) is 11.3 Å². The molecule has 6 nitrogen and oxygen atoms in total. The summed E-state index contributed by atoms with van der Waals surface area (Å²) in [5.41, 5.74) is 0.958. The van der Waals surface area contributed by atoms with Crippen molar-refractivity contribution in [2.75, 3.05) is 11.9 Å². The number of aliphatic hydroxyl groups excluding tert-OH is 1. The largest absolute Gasteiger partial charge is 0.508 e. The smallest absolute Gasteiger partial charge is 0.227 e. The second kappa shape index (κ2) is 7.51. The fourth-order valence-corrected chi connectivity index (χ4v) is 2.30. The fourth-order valence-electron chi connectivity index (χ4n) is 2.30. The highest BCUT2D eigenvalue weighted by atomic mass is 16.3. The molecule has 0 aromatic heterocycles. The lowest BCUT2D eigenvalue weighted by atomic mass is 9.94. The summed E-state index contributed by atoms with van der Waals surface area (Å²) in [4.78, 5) is 12.4. The lowest BCUT2D eigenvalue weighted by Crippen LogP contribution is -2.25. The summed E-state index contributed by atoms with van der Waals surface area (Å²) in [5.74, 6) is -1.00. The van der Waals surface area contributed by atoms with Gasteiger partial charge in [0.15, 0.2) is 0 Å². The van der Waals surface area contributed by atoms with Crippen LogP contribution in [0.2, 0.25) is 0 Å². The molecule has 2 aromatic rings. The summed E-state index contributed by atoms with van der Waals surface area (Å²) >= 11 is 0. The quantitative estimate of drug-likeness (QED) is 0.559. The van der Waals surface area contributed by atoms with Crippen LogP contribution in [0.15, 0.2) is 42.5 Å². The molecule has 23 heavy (non-hydrogen) atoms. The van der Waals surface area contributed by atoms with E-state index < -0.39 is 5.92 Å². The lowest BCUT2D eigenvalue weighted by Gasteiger charge is -2.17. The number of aliphatic hydroxyl groups is 1. The van der Waals surface area contributed by atoms with E-state index in [1.54, 1.807) is 12.1 Å². The van der Waals surface area contributed by atoms with Crippen LogP contribution in [0.25, 0.3) is 0 Å². The second-order valence-electron chi connectivity index (χ2n) is 5.27. The third kappa shape index (κ3) is 4.62. The highest BCUT2D eigenvalue weighted by Crippen LogP contribution is 2.26. The molecule has 1 amide bonds. The van der Waals surface area contributed by atoms with Crippen molar-refractivity contribution >= 4 is 11.6 Å². The van der Waals surface area contributed by atoms with Crippen LogP contribution in [-0.4, -0.2) is 32.9 Å². The molecule has 0 aliphatic heterocycles. The average molecular weight is 317 g/mol. The molecule has 0 saturated heterocycles. The van der Waals surface area contributed by atoms with Crippen LogP contribution in [-0.2, 0) is 11.2 Å². The average Bonchev–Trinajstić information content (AvgIpc) is 2.49. The molecule has 0 aliphatic carbocycles. The van der Waals surface area contributed by atoms with Gasteiger partial charge in [-0.1, -0.05) is 12.1 Å². The number of hydrogen-bond acceptors (Lipinski definition) is 5. The molecule has 2 aromatic carbocycles. The molecule has 0 saturated carbocycles. The zero-order valence-electron chi connectivity index (χ0n) is 12.4. The van der Waals surface area contributed by atoms with Crippen molar-refractivity contribution in [2.24, 2.45) is 5.92 Å². The standard InChI is InChI=1S/C17H19NO5/c19-7-6-12(8-11-4-5-15(21)10-16(11)22)17(23)18-13-2-1-3-14(20)9-13/h1-5,9-10,12,19-22H,6-8H2,(H,18,23). The number of benzene rings is 2. The van der Waals surface area contributed by atoms with Crippen LogP contribution in [0, 0.1) is 5.92 Å². The minimum Gasteiger partial charge on any atom is -0.508 e. The molecule has 0 fully saturated rings. The van der Waals surface area contributed by atoms with Crippen LogP contribution in [0.3, 0.4) is 0 Å². The SMILES string of the molecule is O=C(Nc1cccc(O)c1)C(CCO)Cc1ccc(O)cc1O. The number of nitrogens with one attached hydrogen (secondary N) is 1. The molecule has 0 radical (unpaired) electrons. The summed E-state index contributed by atoms with van der Waals surface area (Å²) in [6.45, 7) is -0.170. The van der Waals surface area contributed by atoms with Gasteiger partial charge in [0, 0.05) is 30.3 Å². The van der Waals surface area contributed by atoms with E-state index in [2.05, 4.69) is 5.32 Å². The van der Waals surface area contributed by atoms with E-state index in [1.807, 2.05) is 0 Å². The van der Waals surface area contributed by atoms with Gasteiger partial charge in [0.2, 0.25) is 5.91 Å². The van der Waals surface area contributed by atoms with Crippen molar-refractivity contribution in [1.29, 1.82) is 0 Å². The monoisotopic (exact) mass is 317 g/mol. The number of phenolic OH excluding ortho intramolecular Hbond substituents is 3. The van der Waals surface area contributed by atoms with Crippen LogP contribution in [0.5, 0.6) is 17.2 Å². The third-order valence-electron chi connectivity index (χ3n) is 3.50. The van der Waals surface area contributed by atoms with Crippen molar-refractivity contribution in [3.63, 3.8) is 0 Å².